The van der Waals surface area contributed by atoms with Crippen LogP contribution in [0.1, 0.15) is 23.8 Å². The summed E-state index contributed by atoms with van der Waals surface area (Å²) in [5.74, 6) is 0.489. The number of rotatable bonds is 2. The second-order valence-corrected chi connectivity index (χ2v) is 3.57. The summed E-state index contributed by atoms with van der Waals surface area (Å²) in [4.78, 5) is 11.4. The zero-order valence-corrected chi connectivity index (χ0v) is 7.69. The van der Waals surface area contributed by atoms with Gasteiger partial charge in [-0.3, -0.25) is 9.48 Å². The normalized spacial score (nSPS) is 25.7. The molecule has 2 rings (SSSR count). The van der Waals surface area contributed by atoms with Crippen molar-refractivity contribution in [3.8, 4) is 0 Å². The zero-order valence-electron chi connectivity index (χ0n) is 7.69. The third-order valence-corrected chi connectivity index (χ3v) is 2.26. The molecule has 1 aromatic heterocycles. The molecule has 70 valence electrons. The van der Waals surface area contributed by atoms with Crippen LogP contribution in [-0.4, -0.2) is 26.9 Å². The highest BCUT2D eigenvalue weighted by Gasteiger charge is 2.34. The number of carbonyl (C=O) groups excluding carboxylic acids is 1. The summed E-state index contributed by atoms with van der Waals surface area (Å²) in [6.45, 7) is 2.11. The molecule has 1 aliphatic carbocycles. The Balaban J connectivity index is 1.97. The SMILES string of the molecule is C[C@@H]1C[C@H]1NC(=O)c1cn(C)nn1. The van der Waals surface area contributed by atoms with Gasteiger partial charge in [0.05, 0.1) is 6.20 Å². The van der Waals surface area contributed by atoms with Crippen molar-refractivity contribution in [3.05, 3.63) is 11.9 Å². The van der Waals surface area contributed by atoms with Crippen LogP contribution in [0.3, 0.4) is 0 Å². The fraction of sp³-hybridized carbons (Fsp3) is 0.625. The summed E-state index contributed by atoms with van der Waals surface area (Å²) in [7, 11) is 1.74. The number of nitrogens with one attached hydrogen (secondary N) is 1. The molecule has 1 fully saturated rings. The Hall–Kier alpha value is -1.39. The molecule has 0 saturated heterocycles. The molecule has 1 saturated carbocycles. The minimum atomic E-state index is -0.123. The summed E-state index contributed by atoms with van der Waals surface area (Å²) in [6.07, 6.45) is 2.69. The quantitative estimate of drug-likeness (QED) is 0.694. The largest absolute Gasteiger partial charge is 0.348 e. The van der Waals surface area contributed by atoms with Gasteiger partial charge < -0.3 is 5.32 Å². The summed E-state index contributed by atoms with van der Waals surface area (Å²) in [5.41, 5.74) is 0.390. The molecule has 1 aromatic rings. The van der Waals surface area contributed by atoms with E-state index in [-0.39, 0.29) is 5.91 Å². The van der Waals surface area contributed by atoms with Crippen LogP contribution in [-0.2, 0) is 7.05 Å². The maximum Gasteiger partial charge on any atom is 0.273 e. The van der Waals surface area contributed by atoms with Gasteiger partial charge in [0.1, 0.15) is 0 Å². The first-order valence-corrected chi connectivity index (χ1v) is 4.34. The summed E-state index contributed by atoms with van der Waals surface area (Å²) in [6, 6.07) is 0.342. The van der Waals surface area contributed by atoms with Gasteiger partial charge in [-0.15, -0.1) is 5.10 Å². The lowest BCUT2D eigenvalue weighted by atomic mass is 10.4. The number of hydrogen-bond donors (Lipinski definition) is 1. The number of aromatic nitrogens is 3. The van der Waals surface area contributed by atoms with Gasteiger partial charge in [-0.25, -0.2) is 0 Å². The molecule has 2 atom stereocenters. The molecule has 0 unspecified atom stereocenters. The van der Waals surface area contributed by atoms with E-state index in [4.69, 9.17) is 0 Å². The first-order chi connectivity index (χ1) is 6.16. The smallest absolute Gasteiger partial charge is 0.273 e. The first kappa shape index (κ1) is 8.22. The molecular weight excluding hydrogens is 168 g/mol. The van der Waals surface area contributed by atoms with Crippen LogP contribution in [0.25, 0.3) is 0 Å². The van der Waals surface area contributed by atoms with Gasteiger partial charge in [0, 0.05) is 13.1 Å². The number of nitrogens with zero attached hydrogens (tertiary/aromatic N) is 3. The van der Waals surface area contributed by atoms with Crippen LogP contribution in [0.2, 0.25) is 0 Å². The maximum atomic E-state index is 11.4. The van der Waals surface area contributed by atoms with E-state index in [1.165, 1.54) is 4.68 Å². The average molecular weight is 180 g/mol. The number of hydrogen-bond acceptors (Lipinski definition) is 3. The van der Waals surface area contributed by atoms with E-state index >= 15 is 0 Å². The average Bonchev–Trinajstić information content (AvgIpc) is 2.62. The summed E-state index contributed by atoms with van der Waals surface area (Å²) < 4.78 is 1.52. The Morgan fingerprint density at radius 3 is 2.92 bits per heavy atom. The Kier molecular flexibility index (Phi) is 1.79. The van der Waals surface area contributed by atoms with E-state index in [2.05, 4.69) is 22.6 Å². The second kappa shape index (κ2) is 2.83. The molecule has 0 bridgehead atoms. The molecule has 1 amide bonds. The fourth-order valence-corrected chi connectivity index (χ4v) is 1.22. The van der Waals surface area contributed by atoms with Gasteiger partial charge >= 0.3 is 0 Å². The Morgan fingerprint density at radius 1 is 1.77 bits per heavy atom. The zero-order chi connectivity index (χ0) is 9.42. The van der Waals surface area contributed by atoms with Crippen molar-refractivity contribution in [2.75, 3.05) is 0 Å². The van der Waals surface area contributed by atoms with Crippen molar-refractivity contribution in [1.82, 2.24) is 20.3 Å². The highest BCUT2D eigenvalue weighted by Crippen LogP contribution is 2.29. The van der Waals surface area contributed by atoms with E-state index in [0.717, 1.165) is 6.42 Å². The molecule has 13 heavy (non-hydrogen) atoms. The second-order valence-electron chi connectivity index (χ2n) is 3.57. The van der Waals surface area contributed by atoms with Gasteiger partial charge in [0.25, 0.3) is 5.91 Å². The summed E-state index contributed by atoms with van der Waals surface area (Å²) >= 11 is 0. The van der Waals surface area contributed by atoms with Gasteiger partial charge in [0.15, 0.2) is 5.69 Å². The van der Waals surface area contributed by atoms with Gasteiger partial charge in [-0.2, -0.15) is 0 Å². The molecule has 0 spiro atoms. The minimum absolute atomic E-state index is 0.123. The van der Waals surface area contributed by atoms with Crippen molar-refractivity contribution < 1.29 is 4.79 Å². The third kappa shape index (κ3) is 1.68. The standard InChI is InChI=1S/C8H12N4O/c1-5-3-6(5)9-8(13)7-4-12(2)11-10-7/h4-6H,3H2,1-2H3,(H,9,13)/t5-,6-/m1/s1. The lowest BCUT2D eigenvalue weighted by Crippen LogP contribution is -2.26. The van der Waals surface area contributed by atoms with Crippen molar-refractivity contribution in [2.45, 2.75) is 19.4 Å². The highest BCUT2D eigenvalue weighted by molar-refractivity contribution is 5.92. The number of aryl methyl sites for hydroxylation is 1. The molecule has 5 nitrogen and oxygen atoms in total. The van der Waals surface area contributed by atoms with Crippen LogP contribution >= 0.6 is 0 Å². The van der Waals surface area contributed by atoms with Crippen LogP contribution < -0.4 is 5.32 Å². The molecule has 1 N–H and O–H groups in total. The van der Waals surface area contributed by atoms with Crippen molar-refractivity contribution in [2.24, 2.45) is 13.0 Å². The van der Waals surface area contributed by atoms with Crippen LogP contribution in [0.4, 0.5) is 0 Å². The van der Waals surface area contributed by atoms with E-state index in [1.807, 2.05) is 0 Å². The Bertz CT molecular complexity index is 333. The Labute approximate surface area is 76.1 Å². The van der Waals surface area contributed by atoms with E-state index in [0.29, 0.717) is 17.7 Å². The molecule has 0 radical (unpaired) electrons. The van der Waals surface area contributed by atoms with E-state index < -0.39 is 0 Å². The van der Waals surface area contributed by atoms with Crippen molar-refractivity contribution in [3.63, 3.8) is 0 Å². The van der Waals surface area contributed by atoms with Gasteiger partial charge in [-0.05, 0) is 12.3 Å². The third-order valence-electron chi connectivity index (χ3n) is 2.26. The van der Waals surface area contributed by atoms with E-state index in [1.54, 1.807) is 13.2 Å². The predicted molar refractivity (Wildman–Crippen MR) is 46.0 cm³/mol. The van der Waals surface area contributed by atoms with Crippen LogP contribution in [0.5, 0.6) is 0 Å². The molecule has 1 aliphatic rings. The fourth-order valence-electron chi connectivity index (χ4n) is 1.22. The van der Waals surface area contributed by atoms with Crippen molar-refractivity contribution >= 4 is 5.91 Å². The lowest BCUT2D eigenvalue weighted by Gasteiger charge is -1.98. The van der Waals surface area contributed by atoms with Gasteiger partial charge in [0.2, 0.25) is 0 Å². The summed E-state index contributed by atoms with van der Waals surface area (Å²) in [5, 5.41) is 10.3. The topological polar surface area (TPSA) is 59.8 Å². The highest BCUT2D eigenvalue weighted by atomic mass is 16.2. The lowest BCUT2D eigenvalue weighted by molar-refractivity contribution is 0.0944. The molecule has 0 aliphatic heterocycles. The maximum absolute atomic E-state index is 11.4. The van der Waals surface area contributed by atoms with Crippen molar-refractivity contribution in [1.29, 1.82) is 0 Å². The monoisotopic (exact) mass is 180 g/mol. The molecule has 0 aromatic carbocycles. The predicted octanol–water partition coefficient (Wildman–Crippen LogP) is -0.0467. The van der Waals surface area contributed by atoms with Gasteiger partial charge in [-0.1, -0.05) is 12.1 Å². The minimum Gasteiger partial charge on any atom is -0.348 e. The van der Waals surface area contributed by atoms with Crippen LogP contribution in [0.15, 0.2) is 6.20 Å². The molecule has 1 heterocycles. The van der Waals surface area contributed by atoms with E-state index in [9.17, 15) is 4.79 Å². The number of amides is 1. The van der Waals surface area contributed by atoms with Crippen LogP contribution in [0, 0.1) is 5.92 Å². The molecular formula is C8H12N4O. The molecule has 5 heteroatoms. The Morgan fingerprint density at radius 2 is 2.46 bits per heavy atom. The number of carbonyl (C=O) groups is 1. The first-order valence-electron chi connectivity index (χ1n) is 4.34.